The van der Waals surface area contributed by atoms with Gasteiger partial charge in [-0.1, -0.05) is 0 Å². The van der Waals surface area contributed by atoms with Gasteiger partial charge in [0.25, 0.3) is 0 Å². The second kappa shape index (κ2) is 4.18. The van der Waals surface area contributed by atoms with Crippen LogP contribution in [-0.4, -0.2) is 47.0 Å². The molecule has 16 heavy (non-hydrogen) atoms. The number of aromatic nitrogens is 2. The molecule has 1 saturated heterocycles. The fourth-order valence-electron chi connectivity index (χ4n) is 2.14. The van der Waals surface area contributed by atoms with Gasteiger partial charge in [0.15, 0.2) is 0 Å². The Kier molecular flexibility index (Phi) is 2.69. The number of anilines is 2. The maximum absolute atomic E-state index is 5.54. The molecule has 0 bridgehead atoms. The average Bonchev–Trinajstić information content (AvgIpc) is 3.00. The Labute approximate surface area is 99.4 Å². The lowest BCUT2D eigenvalue weighted by atomic mass is 10.3. The summed E-state index contributed by atoms with van der Waals surface area (Å²) in [6.07, 6.45) is 2.88. The minimum atomic E-state index is 0.403. The molecule has 0 amide bonds. The van der Waals surface area contributed by atoms with Crippen LogP contribution >= 0.6 is 11.5 Å². The third-order valence-electron chi connectivity index (χ3n) is 3.29. The molecule has 1 aromatic rings. The van der Waals surface area contributed by atoms with Gasteiger partial charge in [-0.25, -0.2) is 0 Å². The van der Waals surface area contributed by atoms with E-state index in [-0.39, 0.29) is 0 Å². The van der Waals surface area contributed by atoms with Gasteiger partial charge in [0.2, 0.25) is 11.1 Å². The van der Waals surface area contributed by atoms with Crippen molar-refractivity contribution in [2.24, 2.45) is 5.92 Å². The Morgan fingerprint density at radius 2 is 2.00 bits per heavy atom. The normalized spacial score (nSPS) is 22.6. The van der Waals surface area contributed by atoms with Gasteiger partial charge in [-0.3, -0.25) is 4.90 Å². The van der Waals surface area contributed by atoms with E-state index in [2.05, 4.69) is 19.2 Å². The van der Waals surface area contributed by atoms with Crippen LogP contribution in [0.4, 0.5) is 11.1 Å². The van der Waals surface area contributed by atoms with Crippen molar-refractivity contribution in [2.45, 2.75) is 12.8 Å². The number of hydrogen-bond acceptors (Lipinski definition) is 6. The van der Waals surface area contributed by atoms with Crippen LogP contribution in [0.15, 0.2) is 0 Å². The molecule has 0 radical (unpaired) electrons. The minimum Gasteiger partial charge on any atom is -0.367 e. The van der Waals surface area contributed by atoms with Crippen molar-refractivity contribution in [3.8, 4) is 0 Å². The van der Waals surface area contributed by atoms with Crippen molar-refractivity contribution in [3.63, 3.8) is 0 Å². The van der Waals surface area contributed by atoms with E-state index in [1.165, 1.54) is 30.9 Å². The summed E-state index contributed by atoms with van der Waals surface area (Å²) in [6.45, 7) is 5.71. The Hall–Kier alpha value is -0.880. The molecule has 1 aliphatic heterocycles. The zero-order valence-electron chi connectivity index (χ0n) is 9.30. The predicted octanol–water partition coefficient (Wildman–Crippen LogP) is 0.652. The number of piperazine rings is 1. The highest BCUT2D eigenvalue weighted by molar-refractivity contribution is 7.09. The number of nitrogens with zero attached hydrogens (tertiary/aromatic N) is 4. The Morgan fingerprint density at radius 3 is 2.56 bits per heavy atom. The van der Waals surface area contributed by atoms with Crippen LogP contribution < -0.4 is 10.6 Å². The van der Waals surface area contributed by atoms with Crippen LogP contribution in [0.5, 0.6) is 0 Å². The highest BCUT2D eigenvalue weighted by Crippen LogP contribution is 2.30. The summed E-state index contributed by atoms with van der Waals surface area (Å²) in [4.78, 5) is 9.08. The van der Waals surface area contributed by atoms with E-state index in [9.17, 15) is 0 Å². The number of nitrogen functional groups attached to an aromatic ring is 1. The standard InChI is InChI=1S/C10H17N5S/c11-9-12-10(16-13-9)15-5-3-14(4-6-15)7-8-1-2-8/h8H,1-7H2,(H2,11,13). The first-order valence-corrected chi connectivity index (χ1v) is 6.65. The van der Waals surface area contributed by atoms with Gasteiger partial charge in [-0.05, 0) is 18.8 Å². The van der Waals surface area contributed by atoms with Gasteiger partial charge < -0.3 is 10.6 Å². The van der Waals surface area contributed by atoms with Crippen LogP contribution in [0.25, 0.3) is 0 Å². The Morgan fingerprint density at radius 1 is 1.25 bits per heavy atom. The lowest BCUT2D eigenvalue weighted by Crippen LogP contribution is -2.47. The second-order valence-corrected chi connectivity index (χ2v) is 5.40. The molecule has 5 nitrogen and oxygen atoms in total. The fraction of sp³-hybridized carbons (Fsp3) is 0.800. The molecule has 0 spiro atoms. The molecule has 2 N–H and O–H groups in total. The van der Waals surface area contributed by atoms with Gasteiger partial charge in [0.1, 0.15) is 0 Å². The molecule has 1 aliphatic carbocycles. The van der Waals surface area contributed by atoms with Crippen LogP contribution in [0.2, 0.25) is 0 Å². The summed E-state index contributed by atoms with van der Waals surface area (Å²) in [5, 5.41) is 0.976. The third kappa shape index (κ3) is 2.27. The molecule has 0 atom stereocenters. The highest BCUT2D eigenvalue weighted by atomic mass is 32.1. The predicted molar refractivity (Wildman–Crippen MR) is 65.7 cm³/mol. The number of nitrogens with two attached hydrogens (primary N) is 1. The van der Waals surface area contributed by atoms with E-state index in [0.717, 1.165) is 37.2 Å². The summed E-state index contributed by atoms with van der Waals surface area (Å²) >= 11 is 1.40. The molecule has 1 saturated carbocycles. The molecule has 0 unspecified atom stereocenters. The molecule has 2 aliphatic rings. The van der Waals surface area contributed by atoms with Gasteiger partial charge in [-0.2, -0.15) is 9.36 Å². The molecule has 6 heteroatoms. The van der Waals surface area contributed by atoms with Crippen LogP contribution in [0, 0.1) is 5.92 Å². The number of hydrogen-bond donors (Lipinski definition) is 1. The molecule has 2 heterocycles. The third-order valence-corrected chi connectivity index (χ3v) is 4.08. The molecule has 88 valence electrons. The van der Waals surface area contributed by atoms with Crippen molar-refractivity contribution in [2.75, 3.05) is 43.4 Å². The molecule has 1 aromatic heterocycles. The largest absolute Gasteiger partial charge is 0.367 e. The van der Waals surface area contributed by atoms with Crippen molar-refractivity contribution in [1.29, 1.82) is 0 Å². The Bertz CT molecular complexity index is 354. The SMILES string of the molecule is Nc1nsc(N2CCN(CC3CC3)CC2)n1. The van der Waals surface area contributed by atoms with Crippen molar-refractivity contribution < 1.29 is 0 Å². The smallest absolute Gasteiger partial charge is 0.233 e. The first-order valence-electron chi connectivity index (χ1n) is 5.88. The van der Waals surface area contributed by atoms with Crippen LogP contribution in [0.3, 0.4) is 0 Å². The maximum atomic E-state index is 5.54. The topological polar surface area (TPSA) is 58.3 Å². The zero-order chi connectivity index (χ0) is 11.0. The first-order chi connectivity index (χ1) is 7.81. The van der Waals surface area contributed by atoms with E-state index in [0.29, 0.717) is 5.95 Å². The lowest BCUT2D eigenvalue weighted by molar-refractivity contribution is 0.248. The van der Waals surface area contributed by atoms with Crippen molar-refractivity contribution >= 4 is 22.6 Å². The van der Waals surface area contributed by atoms with E-state index in [4.69, 9.17) is 5.73 Å². The average molecular weight is 239 g/mol. The quantitative estimate of drug-likeness (QED) is 0.839. The summed E-state index contributed by atoms with van der Waals surface area (Å²) in [7, 11) is 0. The lowest BCUT2D eigenvalue weighted by Gasteiger charge is -2.34. The van der Waals surface area contributed by atoms with Crippen LogP contribution in [0.1, 0.15) is 12.8 Å². The molecular formula is C10H17N5S. The summed E-state index contributed by atoms with van der Waals surface area (Å²) in [5.74, 6) is 1.39. The van der Waals surface area contributed by atoms with E-state index < -0.39 is 0 Å². The van der Waals surface area contributed by atoms with E-state index in [1.54, 1.807) is 0 Å². The molecule has 0 aromatic carbocycles. The van der Waals surface area contributed by atoms with Gasteiger partial charge in [-0.15, -0.1) is 0 Å². The van der Waals surface area contributed by atoms with Crippen molar-refractivity contribution in [3.05, 3.63) is 0 Å². The van der Waals surface area contributed by atoms with Gasteiger partial charge in [0, 0.05) is 44.3 Å². The van der Waals surface area contributed by atoms with Crippen molar-refractivity contribution in [1.82, 2.24) is 14.3 Å². The minimum absolute atomic E-state index is 0.403. The zero-order valence-corrected chi connectivity index (χ0v) is 10.1. The van der Waals surface area contributed by atoms with Crippen LogP contribution in [-0.2, 0) is 0 Å². The first kappa shape index (κ1) is 10.3. The summed E-state index contributed by atoms with van der Waals surface area (Å²) < 4.78 is 4.02. The molecular weight excluding hydrogens is 222 g/mol. The van der Waals surface area contributed by atoms with E-state index in [1.807, 2.05) is 0 Å². The summed E-state index contributed by atoms with van der Waals surface area (Å²) in [6, 6.07) is 0. The highest BCUT2D eigenvalue weighted by Gasteiger charge is 2.27. The monoisotopic (exact) mass is 239 g/mol. The van der Waals surface area contributed by atoms with E-state index >= 15 is 0 Å². The number of rotatable bonds is 3. The van der Waals surface area contributed by atoms with Gasteiger partial charge >= 0.3 is 0 Å². The molecule has 3 rings (SSSR count). The summed E-state index contributed by atoms with van der Waals surface area (Å²) in [5.41, 5.74) is 5.54. The second-order valence-electron chi connectivity index (χ2n) is 4.67. The van der Waals surface area contributed by atoms with Gasteiger partial charge in [0.05, 0.1) is 0 Å². The maximum Gasteiger partial charge on any atom is 0.233 e. The Balaban J connectivity index is 1.53. The molecule has 2 fully saturated rings. The fourth-order valence-corrected chi connectivity index (χ4v) is 2.79.